The highest BCUT2D eigenvalue weighted by atomic mass is 19.3. The molecule has 4 atom stereocenters. The summed E-state index contributed by atoms with van der Waals surface area (Å²) in [4.78, 5) is 22.2. The molecule has 1 amide bonds. The van der Waals surface area contributed by atoms with Gasteiger partial charge in [0.2, 0.25) is 11.9 Å². The van der Waals surface area contributed by atoms with Gasteiger partial charge in [-0.2, -0.15) is 4.98 Å². The first kappa shape index (κ1) is 24.4. The lowest BCUT2D eigenvalue weighted by Crippen LogP contribution is -2.41. The Kier molecular flexibility index (Phi) is 6.74. The molecule has 1 fully saturated rings. The molecule has 11 heteroatoms. The summed E-state index contributed by atoms with van der Waals surface area (Å²) in [5, 5.41) is 6.19. The molecule has 2 aliphatic carbocycles. The molecule has 1 saturated carbocycles. The van der Waals surface area contributed by atoms with Crippen molar-refractivity contribution in [1.82, 2.24) is 14.9 Å². The Balaban J connectivity index is 1.36. The van der Waals surface area contributed by atoms with Crippen LogP contribution in [0.5, 0.6) is 5.75 Å². The van der Waals surface area contributed by atoms with Crippen LogP contribution in [0.1, 0.15) is 17.5 Å². The third-order valence-electron chi connectivity index (χ3n) is 7.39. The Morgan fingerprint density at radius 3 is 2.64 bits per heavy atom. The van der Waals surface area contributed by atoms with E-state index in [1.807, 2.05) is 24.3 Å². The number of carbonyl (C=O) groups excluding carboxylic acids is 1. The number of allylic oxidation sites excluding steroid dienone is 1. The van der Waals surface area contributed by atoms with Crippen LogP contribution in [0.15, 0.2) is 30.5 Å². The van der Waals surface area contributed by atoms with Gasteiger partial charge < -0.3 is 21.1 Å². The van der Waals surface area contributed by atoms with E-state index < -0.39 is 24.1 Å². The number of nitrogens with two attached hydrogens (primary N) is 1. The summed E-state index contributed by atoms with van der Waals surface area (Å²) in [7, 11) is 1.54. The number of nitrogens with zero attached hydrogens (tertiary/aromatic N) is 3. The van der Waals surface area contributed by atoms with Crippen LogP contribution in [0.25, 0.3) is 0 Å². The van der Waals surface area contributed by atoms with Crippen LogP contribution in [0, 0.1) is 23.6 Å². The number of nitrogens with one attached hydrogen (secondary N) is 2. The van der Waals surface area contributed by atoms with Gasteiger partial charge in [0.1, 0.15) is 5.75 Å². The van der Waals surface area contributed by atoms with Crippen molar-refractivity contribution in [2.45, 2.75) is 31.7 Å². The maximum absolute atomic E-state index is 14.6. The Morgan fingerprint density at radius 1 is 1.22 bits per heavy atom. The van der Waals surface area contributed by atoms with Gasteiger partial charge in [0.05, 0.1) is 31.5 Å². The first-order chi connectivity index (χ1) is 17.3. The van der Waals surface area contributed by atoms with Crippen LogP contribution in [-0.4, -0.2) is 60.0 Å². The minimum Gasteiger partial charge on any atom is -0.495 e. The summed E-state index contributed by atoms with van der Waals surface area (Å²) < 4.78 is 45.9. The highest BCUT2D eigenvalue weighted by Gasteiger charge is 2.47. The Bertz CT molecular complexity index is 1180. The summed E-state index contributed by atoms with van der Waals surface area (Å²) in [5.74, 6) is -0.672. The number of amides is 1. The molecule has 4 N–H and O–H groups in total. The normalized spacial score (nSPS) is 25.0. The van der Waals surface area contributed by atoms with E-state index in [0.717, 1.165) is 23.7 Å². The SMILES string of the molecule is COc1cc2c(cc1Nc1ncc(F)c(NC3C4C=CC(C4)C3C(N)=O)n1)CCN(CC(F)F)CC2. The van der Waals surface area contributed by atoms with Gasteiger partial charge in [-0.15, -0.1) is 0 Å². The summed E-state index contributed by atoms with van der Waals surface area (Å²) in [6.45, 7) is 0.835. The highest BCUT2D eigenvalue weighted by molar-refractivity contribution is 5.79. The molecule has 1 aromatic heterocycles. The second-order valence-corrected chi connectivity index (χ2v) is 9.57. The minimum atomic E-state index is -2.37. The van der Waals surface area contributed by atoms with E-state index >= 15 is 0 Å². The van der Waals surface area contributed by atoms with E-state index in [4.69, 9.17) is 10.5 Å². The van der Waals surface area contributed by atoms with Gasteiger partial charge >= 0.3 is 0 Å². The third-order valence-corrected chi connectivity index (χ3v) is 7.39. The molecule has 1 aromatic carbocycles. The number of methoxy groups -OCH3 is 1. The molecule has 0 spiro atoms. The van der Waals surface area contributed by atoms with Crippen molar-refractivity contribution in [2.24, 2.45) is 23.5 Å². The fraction of sp³-hybridized carbons (Fsp3) is 0.480. The molecule has 4 unspecified atom stereocenters. The van der Waals surface area contributed by atoms with E-state index in [1.165, 1.54) is 7.11 Å². The fourth-order valence-corrected chi connectivity index (χ4v) is 5.66. The number of rotatable bonds is 8. The van der Waals surface area contributed by atoms with Gasteiger partial charge in [-0.05, 0) is 54.4 Å². The lowest BCUT2D eigenvalue weighted by atomic mass is 9.88. The average molecular weight is 503 g/mol. The largest absolute Gasteiger partial charge is 0.495 e. The maximum atomic E-state index is 14.6. The van der Waals surface area contributed by atoms with E-state index in [0.29, 0.717) is 37.4 Å². The number of alkyl halides is 2. The maximum Gasteiger partial charge on any atom is 0.251 e. The summed E-state index contributed by atoms with van der Waals surface area (Å²) in [6.07, 6.45) is 4.78. The third kappa shape index (κ3) is 4.84. The van der Waals surface area contributed by atoms with Crippen LogP contribution < -0.4 is 21.1 Å². The quantitative estimate of drug-likeness (QED) is 0.477. The molecule has 0 radical (unpaired) electrons. The number of halogens is 3. The van der Waals surface area contributed by atoms with Crippen molar-refractivity contribution in [3.05, 3.63) is 47.4 Å². The van der Waals surface area contributed by atoms with E-state index in [2.05, 4.69) is 20.6 Å². The molecule has 2 heterocycles. The van der Waals surface area contributed by atoms with Crippen molar-refractivity contribution in [3.63, 3.8) is 0 Å². The minimum absolute atomic E-state index is 0.0129. The predicted octanol–water partition coefficient (Wildman–Crippen LogP) is 3.12. The zero-order chi connectivity index (χ0) is 25.4. The average Bonchev–Trinajstić information content (AvgIpc) is 3.39. The molecule has 2 bridgehead atoms. The van der Waals surface area contributed by atoms with Gasteiger partial charge in [0.15, 0.2) is 11.6 Å². The van der Waals surface area contributed by atoms with E-state index in [9.17, 15) is 18.0 Å². The highest BCUT2D eigenvalue weighted by Crippen LogP contribution is 2.45. The lowest BCUT2D eigenvalue weighted by molar-refractivity contribution is -0.122. The molecule has 3 aliphatic rings. The molecule has 0 saturated heterocycles. The van der Waals surface area contributed by atoms with Crippen molar-refractivity contribution >= 4 is 23.4 Å². The van der Waals surface area contributed by atoms with Gasteiger partial charge in [0, 0.05) is 19.1 Å². The van der Waals surface area contributed by atoms with Crippen LogP contribution >= 0.6 is 0 Å². The van der Waals surface area contributed by atoms with Gasteiger partial charge in [-0.1, -0.05) is 12.2 Å². The molecule has 5 rings (SSSR count). The first-order valence-electron chi connectivity index (χ1n) is 12.1. The number of aromatic nitrogens is 2. The molecule has 2 aromatic rings. The smallest absolute Gasteiger partial charge is 0.251 e. The number of anilines is 3. The number of carbonyl (C=O) groups is 1. The topological polar surface area (TPSA) is 105 Å². The number of benzene rings is 1. The van der Waals surface area contributed by atoms with E-state index in [1.54, 1.807) is 4.90 Å². The van der Waals surface area contributed by atoms with Crippen molar-refractivity contribution in [1.29, 1.82) is 0 Å². The van der Waals surface area contributed by atoms with Crippen LogP contribution in [0.4, 0.5) is 30.6 Å². The van der Waals surface area contributed by atoms with Gasteiger partial charge in [-0.3, -0.25) is 9.69 Å². The molecule has 36 heavy (non-hydrogen) atoms. The van der Waals surface area contributed by atoms with Crippen LogP contribution in [-0.2, 0) is 17.6 Å². The van der Waals surface area contributed by atoms with Gasteiger partial charge in [0.25, 0.3) is 6.43 Å². The number of primary amides is 1. The van der Waals surface area contributed by atoms with Crippen LogP contribution in [0.3, 0.4) is 0 Å². The standard InChI is InChI=1S/C25H29F3N6O2/c1-36-19-10-14-5-7-34(12-20(27)28)6-4-13(14)9-18(19)31-25-30-11-17(26)24(33-25)32-22-16-3-2-15(8-16)21(22)23(29)35/h2-3,9-11,15-16,20-22H,4-8,12H2,1H3,(H2,29,35)(H2,30,31,32,33). The lowest BCUT2D eigenvalue weighted by Gasteiger charge is -2.27. The Hall–Kier alpha value is -3.34. The predicted molar refractivity (Wildman–Crippen MR) is 129 cm³/mol. The van der Waals surface area contributed by atoms with Crippen molar-refractivity contribution in [3.8, 4) is 5.75 Å². The zero-order valence-electron chi connectivity index (χ0n) is 19.9. The monoisotopic (exact) mass is 502 g/mol. The number of ether oxygens (including phenoxy) is 1. The number of fused-ring (bicyclic) bond motifs is 3. The van der Waals surface area contributed by atoms with E-state index in [-0.39, 0.29) is 36.2 Å². The summed E-state index contributed by atoms with van der Waals surface area (Å²) in [5.41, 5.74) is 8.28. The van der Waals surface area contributed by atoms with Gasteiger partial charge in [-0.25, -0.2) is 18.2 Å². The first-order valence-corrected chi connectivity index (χ1v) is 12.1. The molecule has 1 aliphatic heterocycles. The Morgan fingerprint density at radius 2 is 1.94 bits per heavy atom. The molecule has 192 valence electrons. The summed E-state index contributed by atoms with van der Waals surface area (Å²) >= 11 is 0. The zero-order valence-corrected chi connectivity index (χ0v) is 19.9. The molecule has 8 nitrogen and oxygen atoms in total. The second-order valence-electron chi connectivity index (χ2n) is 9.57. The van der Waals surface area contributed by atoms with Crippen molar-refractivity contribution in [2.75, 3.05) is 37.4 Å². The van der Waals surface area contributed by atoms with Crippen molar-refractivity contribution < 1.29 is 22.7 Å². The second kappa shape index (κ2) is 9.96. The summed E-state index contributed by atoms with van der Waals surface area (Å²) in [6, 6.07) is 3.46. The fourth-order valence-electron chi connectivity index (χ4n) is 5.66. The number of hydrogen-bond donors (Lipinski definition) is 3. The van der Waals surface area contributed by atoms with Crippen LogP contribution in [0.2, 0.25) is 0 Å². The molecular formula is C25H29F3N6O2. The molecular weight excluding hydrogens is 473 g/mol. The number of hydrogen-bond acceptors (Lipinski definition) is 7. The Labute approximate surface area is 207 Å².